The third-order valence-electron chi connectivity index (χ3n) is 3.64. The number of aromatic nitrogens is 3. The summed E-state index contributed by atoms with van der Waals surface area (Å²) in [5.74, 6) is 0. The molecule has 0 saturated heterocycles. The van der Waals surface area contributed by atoms with Crippen LogP contribution in [0.1, 0.15) is 24.1 Å². The van der Waals surface area contributed by atoms with Crippen LogP contribution in [0.4, 0.5) is 0 Å². The Labute approximate surface area is 117 Å². The number of hydrogen-bond acceptors (Lipinski definition) is 5. The highest BCUT2D eigenvalue weighted by molar-refractivity contribution is 5.76. The molecule has 0 fully saturated rings. The quantitative estimate of drug-likeness (QED) is 0.728. The first-order valence-corrected chi connectivity index (χ1v) is 6.56. The van der Waals surface area contributed by atoms with E-state index in [9.17, 15) is 0 Å². The van der Waals surface area contributed by atoms with Crippen LogP contribution in [-0.4, -0.2) is 27.2 Å². The van der Waals surface area contributed by atoms with Crippen molar-refractivity contribution in [2.75, 3.05) is 7.05 Å². The van der Waals surface area contributed by atoms with E-state index in [0.717, 1.165) is 23.1 Å². The van der Waals surface area contributed by atoms with E-state index < -0.39 is 0 Å². The van der Waals surface area contributed by atoms with Crippen molar-refractivity contribution in [2.45, 2.75) is 19.5 Å². The fourth-order valence-corrected chi connectivity index (χ4v) is 2.29. The van der Waals surface area contributed by atoms with E-state index in [1.54, 1.807) is 0 Å². The van der Waals surface area contributed by atoms with E-state index >= 15 is 0 Å². The maximum Gasteiger partial charge on any atom is 0.139 e. The Balaban J connectivity index is 1.82. The molecule has 2 aromatic heterocycles. The standard InChI is InChI=1S/C15H16N4O/c1-11(12-6-8-16-9-7-12)19(2)10-13-4-3-5-14-15(13)18-20-17-14/h3-9,11H,10H2,1-2H3/t11-/m0/s1. The average Bonchev–Trinajstić information content (AvgIpc) is 2.97. The second kappa shape index (κ2) is 5.38. The summed E-state index contributed by atoms with van der Waals surface area (Å²) in [6.45, 7) is 2.96. The molecule has 0 saturated carbocycles. The summed E-state index contributed by atoms with van der Waals surface area (Å²) < 4.78 is 4.81. The van der Waals surface area contributed by atoms with Crippen molar-refractivity contribution in [3.05, 3.63) is 53.9 Å². The van der Waals surface area contributed by atoms with Gasteiger partial charge in [0, 0.05) is 25.0 Å². The van der Waals surface area contributed by atoms with Crippen molar-refractivity contribution in [1.82, 2.24) is 20.2 Å². The zero-order valence-corrected chi connectivity index (χ0v) is 11.5. The predicted octanol–water partition coefficient (Wildman–Crippen LogP) is 2.81. The van der Waals surface area contributed by atoms with Gasteiger partial charge in [0.15, 0.2) is 0 Å². The van der Waals surface area contributed by atoms with Crippen molar-refractivity contribution in [3.63, 3.8) is 0 Å². The maximum absolute atomic E-state index is 4.81. The van der Waals surface area contributed by atoms with Crippen LogP contribution in [0.2, 0.25) is 0 Å². The minimum atomic E-state index is 0.299. The Morgan fingerprint density at radius 1 is 1.15 bits per heavy atom. The van der Waals surface area contributed by atoms with Gasteiger partial charge in [0.2, 0.25) is 0 Å². The van der Waals surface area contributed by atoms with Crippen molar-refractivity contribution in [2.24, 2.45) is 0 Å². The first-order chi connectivity index (χ1) is 9.75. The molecule has 5 nitrogen and oxygen atoms in total. The number of nitrogens with zero attached hydrogens (tertiary/aromatic N) is 4. The van der Waals surface area contributed by atoms with Crippen LogP contribution in [-0.2, 0) is 6.54 Å². The highest BCUT2D eigenvalue weighted by atomic mass is 16.6. The topological polar surface area (TPSA) is 55.1 Å². The third kappa shape index (κ3) is 2.40. The lowest BCUT2D eigenvalue weighted by Gasteiger charge is -2.25. The fourth-order valence-electron chi connectivity index (χ4n) is 2.29. The molecule has 1 aromatic carbocycles. The molecule has 0 N–H and O–H groups in total. The highest BCUT2D eigenvalue weighted by Crippen LogP contribution is 2.22. The van der Waals surface area contributed by atoms with Crippen LogP contribution in [0.3, 0.4) is 0 Å². The smallest absolute Gasteiger partial charge is 0.139 e. The normalized spacial score (nSPS) is 12.9. The predicted molar refractivity (Wildman–Crippen MR) is 75.9 cm³/mol. The number of fused-ring (bicyclic) bond motifs is 1. The summed E-state index contributed by atoms with van der Waals surface area (Å²) in [6, 6.07) is 10.3. The zero-order chi connectivity index (χ0) is 13.9. The largest absolute Gasteiger partial charge is 0.295 e. The lowest BCUT2D eigenvalue weighted by atomic mass is 10.1. The van der Waals surface area contributed by atoms with E-state index in [-0.39, 0.29) is 0 Å². The summed E-state index contributed by atoms with van der Waals surface area (Å²) >= 11 is 0. The molecule has 5 heteroatoms. The third-order valence-corrected chi connectivity index (χ3v) is 3.64. The molecule has 0 aliphatic rings. The molecule has 0 aliphatic carbocycles. The van der Waals surface area contributed by atoms with Crippen LogP contribution in [0.15, 0.2) is 47.4 Å². The molecule has 0 aliphatic heterocycles. The molecule has 3 aromatic rings. The summed E-state index contributed by atoms with van der Waals surface area (Å²) in [6.07, 6.45) is 3.64. The molecule has 0 amide bonds. The molecule has 2 heterocycles. The average molecular weight is 268 g/mol. The second-order valence-electron chi connectivity index (χ2n) is 4.92. The maximum atomic E-state index is 4.81. The van der Waals surface area contributed by atoms with Crippen LogP contribution in [0, 0.1) is 0 Å². The van der Waals surface area contributed by atoms with Crippen molar-refractivity contribution < 1.29 is 4.63 Å². The Morgan fingerprint density at radius 3 is 2.75 bits per heavy atom. The van der Waals surface area contributed by atoms with Gasteiger partial charge in [0.1, 0.15) is 11.0 Å². The number of rotatable bonds is 4. The number of hydrogen-bond donors (Lipinski definition) is 0. The van der Waals surface area contributed by atoms with Crippen molar-refractivity contribution in [3.8, 4) is 0 Å². The molecule has 20 heavy (non-hydrogen) atoms. The second-order valence-corrected chi connectivity index (χ2v) is 4.92. The first-order valence-electron chi connectivity index (χ1n) is 6.56. The Hall–Kier alpha value is -2.27. The minimum Gasteiger partial charge on any atom is -0.295 e. The van der Waals surface area contributed by atoms with E-state index in [0.29, 0.717) is 6.04 Å². The Bertz CT molecular complexity index is 695. The summed E-state index contributed by atoms with van der Waals surface area (Å²) in [7, 11) is 2.09. The molecule has 102 valence electrons. The molecular weight excluding hydrogens is 252 g/mol. The summed E-state index contributed by atoms with van der Waals surface area (Å²) in [5, 5.41) is 7.86. The Morgan fingerprint density at radius 2 is 1.95 bits per heavy atom. The van der Waals surface area contributed by atoms with Gasteiger partial charge in [-0.1, -0.05) is 12.1 Å². The van der Waals surface area contributed by atoms with E-state index in [4.69, 9.17) is 4.63 Å². The number of benzene rings is 1. The van der Waals surface area contributed by atoms with Crippen molar-refractivity contribution >= 4 is 11.0 Å². The molecule has 0 unspecified atom stereocenters. The molecule has 1 atom stereocenters. The summed E-state index contributed by atoms with van der Waals surface area (Å²) in [5.41, 5.74) is 3.99. The van der Waals surface area contributed by atoms with E-state index in [1.807, 2.05) is 36.7 Å². The van der Waals surface area contributed by atoms with Gasteiger partial charge in [-0.05, 0) is 53.6 Å². The minimum absolute atomic E-state index is 0.299. The van der Waals surface area contributed by atoms with Crippen LogP contribution in [0.5, 0.6) is 0 Å². The van der Waals surface area contributed by atoms with Gasteiger partial charge in [0.05, 0.1) is 0 Å². The van der Waals surface area contributed by atoms with Crippen LogP contribution < -0.4 is 0 Å². The van der Waals surface area contributed by atoms with Gasteiger partial charge in [0.25, 0.3) is 0 Å². The number of pyridine rings is 1. The highest BCUT2D eigenvalue weighted by Gasteiger charge is 2.14. The monoisotopic (exact) mass is 268 g/mol. The van der Waals surface area contributed by atoms with Gasteiger partial charge >= 0.3 is 0 Å². The van der Waals surface area contributed by atoms with E-state index in [1.165, 1.54) is 5.56 Å². The van der Waals surface area contributed by atoms with Gasteiger partial charge in [-0.3, -0.25) is 9.88 Å². The van der Waals surface area contributed by atoms with Gasteiger partial charge in [-0.15, -0.1) is 0 Å². The van der Waals surface area contributed by atoms with E-state index in [2.05, 4.69) is 40.2 Å². The fraction of sp³-hybridized carbons (Fsp3) is 0.267. The van der Waals surface area contributed by atoms with Crippen molar-refractivity contribution in [1.29, 1.82) is 0 Å². The molecule has 0 spiro atoms. The van der Waals surface area contributed by atoms with Gasteiger partial charge in [-0.2, -0.15) is 0 Å². The first kappa shape index (κ1) is 12.7. The molecule has 0 bridgehead atoms. The van der Waals surface area contributed by atoms with Gasteiger partial charge in [-0.25, -0.2) is 4.63 Å². The van der Waals surface area contributed by atoms with Crippen LogP contribution >= 0.6 is 0 Å². The lowest BCUT2D eigenvalue weighted by molar-refractivity contribution is 0.253. The summed E-state index contributed by atoms with van der Waals surface area (Å²) in [4.78, 5) is 6.32. The molecular formula is C15H16N4O. The SMILES string of the molecule is C[C@@H](c1ccncc1)N(C)Cc1cccc2nonc12. The zero-order valence-electron chi connectivity index (χ0n) is 11.5. The van der Waals surface area contributed by atoms with Crippen LogP contribution in [0.25, 0.3) is 11.0 Å². The lowest BCUT2D eigenvalue weighted by Crippen LogP contribution is -2.22. The molecule has 3 rings (SSSR count). The molecule has 0 radical (unpaired) electrons. The van der Waals surface area contributed by atoms with Gasteiger partial charge < -0.3 is 0 Å². The Kier molecular flexibility index (Phi) is 3.43.